The summed E-state index contributed by atoms with van der Waals surface area (Å²) in [5, 5.41) is 2.97. The summed E-state index contributed by atoms with van der Waals surface area (Å²) in [6, 6.07) is 9.99. The summed E-state index contributed by atoms with van der Waals surface area (Å²) in [5.41, 5.74) is 3.58. The second kappa shape index (κ2) is 8.70. The van der Waals surface area contributed by atoms with Crippen LogP contribution in [0.1, 0.15) is 43.0 Å². The van der Waals surface area contributed by atoms with Crippen molar-refractivity contribution in [3.8, 4) is 0 Å². The van der Waals surface area contributed by atoms with Crippen molar-refractivity contribution in [2.24, 2.45) is 0 Å². The van der Waals surface area contributed by atoms with Crippen molar-refractivity contribution in [2.45, 2.75) is 32.6 Å². The molecule has 0 aliphatic carbocycles. The summed E-state index contributed by atoms with van der Waals surface area (Å²) in [6.07, 6.45) is 8.20. The maximum Gasteiger partial charge on any atom is 0.257 e. The predicted molar refractivity (Wildman–Crippen MR) is 108 cm³/mol. The number of benzene rings is 1. The summed E-state index contributed by atoms with van der Waals surface area (Å²) in [6.45, 7) is 5.37. The highest BCUT2D eigenvalue weighted by molar-refractivity contribution is 6.04. The zero-order valence-corrected chi connectivity index (χ0v) is 15.7. The quantitative estimate of drug-likeness (QED) is 0.812. The molecule has 1 aromatic carbocycles. The number of carbonyl (C=O) groups is 1. The highest BCUT2D eigenvalue weighted by atomic mass is 16.1. The van der Waals surface area contributed by atoms with Crippen LogP contribution in [0, 0.1) is 0 Å². The summed E-state index contributed by atoms with van der Waals surface area (Å²) in [7, 11) is 2.03. The number of hydrogen-bond acceptors (Lipinski definition) is 4. The molecule has 2 heterocycles. The molecule has 2 aromatic rings. The van der Waals surface area contributed by atoms with E-state index < -0.39 is 0 Å². The van der Waals surface area contributed by atoms with Gasteiger partial charge >= 0.3 is 0 Å². The third kappa shape index (κ3) is 4.54. The Bertz CT molecular complexity index is 723. The normalized spacial score (nSPS) is 13.7. The van der Waals surface area contributed by atoms with E-state index in [1.165, 1.54) is 18.5 Å². The Morgan fingerprint density at radius 1 is 1.19 bits per heavy atom. The first-order valence-corrected chi connectivity index (χ1v) is 9.50. The van der Waals surface area contributed by atoms with Crippen molar-refractivity contribution in [1.82, 2.24) is 4.98 Å². The molecule has 1 amide bonds. The molecule has 1 N–H and O–H groups in total. The van der Waals surface area contributed by atoms with Gasteiger partial charge in [0.25, 0.3) is 5.91 Å². The third-order valence-electron chi connectivity index (χ3n) is 4.87. The number of anilines is 3. The largest absolute Gasteiger partial charge is 0.373 e. The van der Waals surface area contributed by atoms with E-state index >= 15 is 0 Å². The van der Waals surface area contributed by atoms with Gasteiger partial charge in [-0.15, -0.1) is 0 Å². The van der Waals surface area contributed by atoms with Gasteiger partial charge in [-0.3, -0.25) is 9.78 Å². The van der Waals surface area contributed by atoms with Crippen LogP contribution < -0.4 is 15.1 Å². The molecule has 1 aliphatic rings. The van der Waals surface area contributed by atoms with Gasteiger partial charge in [0.1, 0.15) is 0 Å². The van der Waals surface area contributed by atoms with E-state index in [4.69, 9.17) is 0 Å². The van der Waals surface area contributed by atoms with Gasteiger partial charge < -0.3 is 15.1 Å². The van der Waals surface area contributed by atoms with E-state index in [9.17, 15) is 4.79 Å². The number of nitrogens with one attached hydrogen (secondary N) is 1. The lowest BCUT2D eigenvalue weighted by Gasteiger charge is -2.19. The minimum Gasteiger partial charge on any atom is -0.373 e. The fraction of sp³-hybridized carbons (Fsp3) is 0.429. The molecule has 0 saturated carbocycles. The molecule has 1 saturated heterocycles. The zero-order chi connectivity index (χ0) is 18.4. The molecule has 3 rings (SSSR count). The summed E-state index contributed by atoms with van der Waals surface area (Å²) in [4.78, 5) is 21.3. The Balaban J connectivity index is 1.64. The van der Waals surface area contributed by atoms with Crippen molar-refractivity contribution >= 4 is 23.0 Å². The minimum atomic E-state index is -0.128. The first-order valence-electron chi connectivity index (χ1n) is 9.50. The van der Waals surface area contributed by atoms with Crippen LogP contribution in [0.15, 0.2) is 42.7 Å². The first-order chi connectivity index (χ1) is 12.7. The predicted octanol–water partition coefficient (Wildman–Crippen LogP) is 4.17. The average molecular weight is 352 g/mol. The monoisotopic (exact) mass is 352 g/mol. The summed E-state index contributed by atoms with van der Waals surface area (Å²) >= 11 is 0. The third-order valence-corrected chi connectivity index (χ3v) is 4.87. The standard InChI is InChI=1S/C21H28N4O/c1-3-4-11-24(2)20-14-17(15-22-16-20)21(26)23-18-7-9-19(10-8-18)25-12-5-6-13-25/h7-10,14-16H,3-6,11-13H2,1-2H3,(H,23,26). The van der Waals surface area contributed by atoms with E-state index in [-0.39, 0.29) is 5.91 Å². The van der Waals surface area contributed by atoms with E-state index in [2.05, 4.69) is 39.2 Å². The Labute approximate surface area is 156 Å². The number of unbranched alkanes of at least 4 members (excludes halogenated alkanes) is 1. The van der Waals surface area contributed by atoms with E-state index in [0.717, 1.165) is 43.9 Å². The summed E-state index contributed by atoms with van der Waals surface area (Å²) < 4.78 is 0. The second-order valence-corrected chi connectivity index (χ2v) is 6.90. The van der Waals surface area contributed by atoms with Crippen molar-refractivity contribution in [3.05, 3.63) is 48.3 Å². The van der Waals surface area contributed by atoms with Crippen LogP contribution in [0.4, 0.5) is 17.1 Å². The van der Waals surface area contributed by atoms with Crippen LogP contribution in [0.25, 0.3) is 0 Å². The molecule has 1 aromatic heterocycles. The van der Waals surface area contributed by atoms with Gasteiger partial charge in [0, 0.05) is 44.3 Å². The van der Waals surface area contributed by atoms with Gasteiger partial charge in [0.2, 0.25) is 0 Å². The first kappa shape index (κ1) is 18.2. The van der Waals surface area contributed by atoms with E-state index in [1.807, 2.05) is 25.2 Å². The Hall–Kier alpha value is -2.56. The average Bonchev–Trinajstić information content (AvgIpc) is 3.21. The highest BCUT2D eigenvalue weighted by Crippen LogP contribution is 2.22. The van der Waals surface area contributed by atoms with Crippen LogP contribution in [0.5, 0.6) is 0 Å². The van der Waals surface area contributed by atoms with Gasteiger partial charge in [0.15, 0.2) is 0 Å². The van der Waals surface area contributed by atoms with Gasteiger partial charge in [-0.2, -0.15) is 0 Å². The number of amides is 1. The van der Waals surface area contributed by atoms with E-state index in [1.54, 1.807) is 12.4 Å². The van der Waals surface area contributed by atoms with Crippen LogP contribution in [0.3, 0.4) is 0 Å². The molecule has 1 fully saturated rings. The van der Waals surface area contributed by atoms with Crippen molar-refractivity contribution in [2.75, 3.05) is 41.8 Å². The number of rotatable bonds is 7. The second-order valence-electron chi connectivity index (χ2n) is 6.90. The zero-order valence-electron chi connectivity index (χ0n) is 15.7. The fourth-order valence-electron chi connectivity index (χ4n) is 3.22. The fourth-order valence-corrected chi connectivity index (χ4v) is 3.22. The maximum absolute atomic E-state index is 12.6. The highest BCUT2D eigenvalue weighted by Gasteiger charge is 2.13. The Morgan fingerprint density at radius 3 is 2.62 bits per heavy atom. The topological polar surface area (TPSA) is 48.5 Å². The number of pyridine rings is 1. The molecule has 0 atom stereocenters. The van der Waals surface area contributed by atoms with Crippen molar-refractivity contribution < 1.29 is 4.79 Å². The molecule has 5 heteroatoms. The molecule has 0 radical (unpaired) electrons. The van der Waals surface area contributed by atoms with Crippen LogP contribution in [0.2, 0.25) is 0 Å². The molecule has 0 bridgehead atoms. The minimum absolute atomic E-state index is 0.128. The molecule has 26 heavy (non-hydrogen) atoms. The Morgan fingerprint density at radius 2 is 1.92 bits per heavy atom. The van der Waals surface area contributed by atoms with Gasteiger partial charge in [-0.25, -0.2) is 0 Å². The number of hydrogen-bond donors (Lipinski definition) is 1. The number of carbonyl (C=O) groups excluding carboxylic acids is 1. The van der Waals surface area contributed by atoms with Crippen LogP contribution in [-0.2, 0) is 0 Å². The van der Waals surface area contributed by atoms with Crippen LogP contribution >= 0.6 is 0 Å². The molecular formula is C21H28N4O. The molecule has 0 spiro atoms. The molecule has 5 nitrogen and oxygen atoms in total. The van der Waals surface area contributed by atoms with Crippen molar-refractivity contribution in [1.29, 1.82) is 0 Å². The smallest absolute Gasteiger partial charge is 0.257 e. The summed E-state index contributed by atoms with van der Waals surface area (Å²) in [5.74, 6) is -0.128. The van der Waals surface area contributed by atoms with E-state index in [0.29, 0.717) is 5.56 Å². The lowest BCUT2D eigenvalue weighted by atomic mass is 10.2. The number of aromatic nitrogens is 1. The van der Waals surface area contributed by atoms with Gasteiger partial charge in [0.05, 0.1) is 17.4 Å². The molecule has 1 aliphatic heterocycles. The molecular weight excluding hydrogens is 324 g/mol. The Kier molecular flexibility index (Phi) is 6.10. The molecule has 0 unspecified atom stereocenters. The lowest BCUT2D eigenvalue weighted by molar-refractivity contribution is 0.102. The van der Waals surface area contributed by atoms with Crippen molar-refractivity contribution in [3.63, 3.8) is 0 Å². The van der Waals surface area contributed by atoms with Gasteiger partial charge in [-0.1, -0.05) is 13.3 Å². The van der Waals surface area contributed by atoms with Crippen LogP contribution in [-0.4, -0.2) is 37.6 Å². The lowest BCUT2D eigenvalue weighted by Crippen LogP contribution is -2.20. The SMILES string of the molecule is CCCCN(C)c1cncc(C(=O)Nc2ccc(N3CCCC3)cc2)c1. The molecule has 138 valence electrons. The maximum atomic E-state index is 12.6. The van der Waals surface area contributed by atoms with Gasteiger partial charge in [-0.05, 0) is 49.6 Å². The number of nitrogens with zero attached hydrogens (tertiary/aromatic N) is 3.